The van der Waals surface area contributed by atoms with Gasteiger partial charge in [-0.2, -0.15) is 0 Å². The molecular weight excluding hydrogens is 360 g/mol. The molecule has 3 rings (SSSR count). The summed E-state index contributed by atoms with van der Waals surface area (Å²) in [7, 11) is 0. The van der Waals surface area contributed by atoms with Crippen LogP contribution in [0.3, 0.4) is 0 Å². The number of thiazole rings is 1. The van der Waals surface area contributed by atoms with Gasteiger partial charge >= 0.3 is 0 Å². The van der Waals surface area contributed by atoms with Crippen molar-refractivity contribution in [2.45, 2.75) is 0 Å². The first kappa shape index (κ1) is 17.1. The van der Waals surface area contributed by atoms with E-state index in [9.17, 15) is 9.59 Å². The van der Waals surface area contributed by atoms with Gasteiger partial charge in [-0.3, -0.25) is 14.6 Å². The van der Waals surface area contributed by atoms with Crippen LogP contribution in [0, 0.1) is 0 Å². The number of nitrogens with one attached hydrogen (secondary N) is 2. The number of halogens is 1. The van der Waals surface area contributed by atoms with Crippen molar-refractivity contribution in [2.75, 3.05) is 11.9 Å². The standard InChI is InChI=1S/C17H13ClN4O2S/c18-13-5-1-3-11(7-13)16(24)20-9-15(23)22-17-21-14(10-25-17)12-4-2-6-19-8-12/h1-8,10H,9H2,(H,20,24)(H,21,22,23). The van der Waals surface area contributed by atoms with Crippen molar-refractivity contribution in [2.24, 2.45) is 0 Å². The summed E-state index contributed by atoms with van der Waals surface area (Å²) in [5.41, 5.74) is 2.00. The second-order valence-electron chi connectivity index (χ2n) is 5.02. The summed E-state index contributed by atoms with van der Waals surface area (Å²) >= 11 is 7.15. The Hall–Kier alpha value is -2.77. The van der Waals surface area contributed by atoms with E-state index < -0.39 is 0 Å². The molecule has 0 fully saturated rings. The maximum absolute atomic E-state index is 12.0. The lowest BCUT2D eigenvalue weighted by molar-refractivity contribution is -0.115. The van der Waals surface area contributed by atoms with E-state index in [4.69, 9.17) is 11.6 Å². The predicted molar refractivity (Wildman–Crippen MR) is 97.8 cm³/mol. The molecule has 2 aromatic heterocycles. The average Bonchev–Trinajstić information content (AvgIpc) is 3.09. The largest absolute Gasteiger partial charge is 0.343 e. The molecule has 25 heavy (non-hydrogen) atoms. The van der Waals surface area contributed by atoms with Crippen LogP contribution in [0.4, 0.5) is 5.13 Å². The SMILES string of the molecule is O=C(CNC(=O)c1cccc(Cl)c1)Nc1nc(-c2cccnc2)cs1. The third kappa shape index (κ3) is 4.62. The molecule has 0 saturated heterocycles. The van der Waals surface area contributed by atoms with Gasteiger partial charge in [0.05, 0.1) is 12.2 Å². The molecule has 0 aliphatic rings. The number of carbonyl (C=O) groups excluding carboxylic acids is 2. The van der Waals surface area contributed by atoms with Gasteiger partial charge in [-0.25, -0.2) is 4.98 Å². The average molecular weight is 373 g/mol. The summed E-state index contributed by atoms with van der Waals surface area (Å²) in [5, 5.41) is 7.95. The van der Waals surface area contributed by atoms with Crippen LogP contribution in [0.15, 0.2) is 54.2 Å². The Morgan fingerprint density at radius 2 is 2.08 bits per heavy atom. The summed E-state index contributed by atoms with van der Waals surface area (Å²) in [6.07, 6.45) is 3.38. The molecule has 1 aromatic carbocycles. The number of amides is 2. The highest BCUT2D eigenvalue weighted by atomic mass is 35.5. The van der Waals surface area contributed by atoms with E-state index >= 15 is 0 Å². The Bertz CT molecular complexity index is 898. The summed E-state index contributed by atoms with van der Waals surface area (Å²) in [5.74, 6) is -0.727. The summed E-state index contributed by atoms with van der Waals surface area (Å²) in [6.45, 7) is -0.160. The minimum Gasteiger partial charge on any atom is -0.343 e. The van der Waals surface area contributed by atoms with Crippen LogP contribution in [-0.2, 0) is 4.79 Å². The molecule has 0 unspecified atom stereocenters. The third-order valence-electron chi connectivity index (χ3n) is 3.20. The van der Waals surface area contributed by atoms with Crippen LogP contribution in [0.25, 0.3) is 11.3 Å². The molecule has 0 atom stereocenters. The van der Waals surface area contributed by atoms with E-state index in [2.05, 4.69) is 20.6 Å². The number of carbonyl (C=O) groups is 2. The van der Waals surface area contributed by atoms with Crippen LogP contribution in [-0.4, -0.2) is 28.3 Å². The van der Waals surface area contributed by atoms with E-state index in [1.165, 1.54) is 17.4 Å². The van der Waals surface area contributed by atoms with Crippen molar-refractivity contribution in [3.8, 4) is 11.3 Å². The third-order valence-corrected chi connectivity index (χ3v) is 4.20. The van der Waals surface area contributed by atoms with Gasteiger partial charge in [-0.05, 0) is 30.3 Å². The first-order valence-electron chi connectivity index (χ1n) is 7.31. The highest BCUT2D eigenvalue weighted by Gasteiger charge is 2.11. The highest BCUT2D eigenvalue weighted by molar-refractivity contribution is 7.14. The number of anilines is 1. The Morgan fingerprint density at radius 3 is 2.84 bits per heavy atom. The molecule has 0 bridgehead atoms. The van der Waals surface area contributed by atoms with Gasteiger partial charge in [0, 0.05) is 33.9 Å². The Morgan fingerprint density at radius 1 is 1.20 bits per heavy atom. The quantitative estimate of drug-likeness (QED) is 0.720. The van der Waals surface area contributed by atoms with Crippen LogP contribution < -0.4 is 10.6 Å². The van der Waals surface area contributed by atoms with Gasteiger partial charge in [-0.15, -0.1) is 11.3 Å². The first-order valence-corrected chi connectivity index (χ1v) is 8.57. The Kier molecular flexibility index (Phi) is 5.37. The number of benzene rings is 1. The highest BCUT2D eigenvalue weighted by Crippen LogP contribution is 2.23. The maximum Gasteiger partial charge on any atom is 0.251 e. The second-order valence-corrected chi connectivity index (χ2v) is 6.32. The fourth-order valence-electron chi connectivity index (χ4n) is 2.03. The van der Waals surface area contributed by atoms with Crippen molar-refractivity contribution in [3.05, 3.63) is 64.8 Å². The molecule has 2 amide bonds. The number of nitrogens with zero attached hydrogens (tertiary/aromatic N) is 2. The minimum atomic E-state index is -0.368. The molecule has 6 nitrogen and oxygen atoms in total. The zero-order valence-electron chi connectivity index (χ0n) is 12.9. The number of pyridine rings is 1. The van der Waals surface area contributed by atoms with E-state index in [-0.39, 0.29) is 18.4 Å². The topological polar surface area (TPSA) is 84.0 Å². The maximum atomic E-state index is 12.0. The molecular formula is C17H13ClN4O2S. The summed E-state index contributed by atoms with van der Waals surface area (Å²) in [6, 6.07) is 10.2. The number of hydrogen-bond acceptors (Lipinski definition) is 5. The van der Waals surface area contributed by atoms with Gasteiger partial charge in [0.2, 0.25) is 5.91 Å². The second kappa shape index (κ2) is 7.87. The zero-order chi connectivity index (χ0) is 17.6. The van der Waals surface area contributed by atoms with Gasteiger partial charge in [0.15, 0.2) is 5.13 Å². The van der Waals surface area contributed by atoms with E-state index in [0.717, 1.165) is 11.3 Å². The number of rotatable bonds is 5. The molecule has 126 valence electrons. The number of aromatic nitrogens is 2. The smallest absolute Gasteiger partial charge is 0.251 e. The van der Waals surface area contributed by atoms with Gasteiger partial charge in [-0.1, -0.05) is 17.7 Å². The molecule has 0 saturated carbocycles. The van der Waals surface area contributed by atoms with Crippen molar-refractivity contribution in [1.29, 1.82) is 0 Å². The monoisotopic (exact) mass is 372 g/mol. The van der Waals surface area contributed by atoms with E-state index in [0.29, 0.717) is 15.7 Å². The normalized spacial score (nSPS) is 10.3. The fraction of sp³-hybridized carbons (Fsp3) is 0.0588. The van der Waals surface area contributed by atoms with Crippen molar-refractivity contribution < 1.29 is 9.59 Å². The van der Waals surface area contributed by atoms with Crippen LogP contribution >= 0.6 is 22.9 Å². The Balaban J connectivity index is 1.55. The van der Waals surface area contributed by atoms with Gasteiger partial charge in [0.25, 0.3) is 5.91 Å². The van der Waals surface area contributed by atoms with Crippen LogP contribution in [0.2, 0.25) is 5.02 Å². The molecule has 0 aliphatic heterocycles. The zero-order valence-corrected chi connectivity index (χ0v) is 14.5. The van der Waals surface area contributed by atoms with E-state index in [1.54, 1.807) is 30.6 Å². The van der Waals surface area contributed by atoms with Crippen LogP contribution in [0.5, 0.6) is 0 Å². The molecule has 2 heterocycles. The molecule has 0 radical (unpaired) electrons. The predicted octanol–water partition coefficient (Wildman–Crippen LogP) is 3.23. The molecule has 3 aromatic rings. The molecule has 0 aliphatic carbocycles. The van der Waals surface area contributed by atoms with Crippen molar-refractivity contribution >= 4 is 39.9 Å². The first-order chi connectivity index (χ1) is 12.1. The molecule has 0 spiro atoms. The lowest BCUT2D eigenvalue weighted by Gasteiger charge is -2.05. The van der Waals surface area contributed by atoms with Crippen molar-refractivity contribution in [3.63, 3.8) is 0 Å². The number of hydrogen-bond donors (Lipinski definition) is 2. The summed E-state index contributed by atoms with van der Waals surface area (Å²) < 4.78 is 0. The molecule has 8 heteroatoms. The van der Waals surface area contributed by atoms with Gasteiger partial charge < -0.3 is 10.6 Å². The van der Waals surface area contributed by atoms with E-state index in [1.807, 2.05) is 17.5 Å². The van der Waals surface area contributed by atoms with Gasteiger partial charge in [0.1, 0.15) is 0 Å². The minimum absolute atomic E-state index is 0.160. The lowest BCUT2D eigenvalue weighted by atomic mass is 10.2. The fourth-order valence-corrected chi connectivity index (χ4v) is 2.96. The molecule has 2 N–H and O–H groups in total. The Labute approximate surface area is 152 Å². The lowest BCUT2D eigenvalue weighted by Crippen LogP contribution is -2.32. The van der Waals surface area contributed by atoms with Crippen molar-refractivity contribution in [1.82, 2.24) is 15.3 Å². The van der Waals surface area contributed by atoms with Crippen LogP contribution in [0.1, 0.15) is 10.4 Å². The summed E-state index contributed by atoms with van der Waals surface area (Å²) in [4.78, 5) is 32.3.